The second-order valence-electron chi connectivity index (χ2n) is 6.99. The van der Waals surface area contributed by atoms with Gasteiger partial charge in [-0.1, -0.05) is 31.7 Å². The van der Waals surface area contributed by atoms with E-state index in [9.17, 15) is 4.79 Å². The first-order valence-electron chi connectivity index (χ1n) is 9.68. The van der Waals surface area contributed by atoms with Crippen molar-refractivity contribution in [2.24, 2.45) is 11.8 Å². The van der Waals surface area contributed by atoms with Gasteiger partial charge in [-0.3, -0.25) is 4.79 Å². The molecule has 0 radical (unpaired) electrons. The monoisotopic (exact) mass is 369 g/mol. The smallest absolute Gasteiger partial charge is 0.158 e. The summed E-state index contributed by atoms with van der Waals surface area (Å²) in [4.78, 5) is 11.5. The van der Waals surface area contributed by atoms with Crippen molar-refractivity contribution in [3.05, 3.63) is 54.8 Å². The van der Waals surface area contributed by atoms with Crippen molar-refractivity contribution in [3.63, 3.8) is 0 Å². The van der Waals surface area contributed by atoms with Crippen LogP contribution in [0, 0.1) is 11.8 Å². The number of ketones is 1. The molecular formula is C23H31NO3. The second kappa shape index (κ2) is 11.6. The molecule has 27 heavy (non-hydrogen) atoms. The van der Waals surface area contributed by atoms with Crippen molar-refractivity contribution in [1.29, 1.82) is 0 Å². The normalized spacial score (nSPS) is 19.0. The van der Waals surface area contributed by atoms with Crippen LogP contribution in [-0.4, -0.2) is 38.7 Å². The van der Waals surface area contributed by atoms with Crippen molar-refractivity contribution in [1.82, 2.24) is 5.32 Å². The van der Waals surface area contributed by atoms with E-state index in [0.717, 1.165) is 43.6 Å². The fourth-order valence-corrected chi connectivity index (χ4v) is 3.09. The molecule has 1 aliphatic carbocycles. The van der Waals surface area contributed by atoms with Gasteiger partial charge in [-0.2, -0.15) is 0 Å². The molecule has 0 aromatic heterocycles. The number of nitrogens with one attached hydrogen (secondary N) is 1. The molecular weight excluding hydrogens is 338 g/mol. The average Bonchev–Trinajstić information content (AvgIpc) is 3.47. The summed E-state index contributed by atoms with van der Waals surface area (Å²) in [5.41, 5.74) is 3.81. The lowest BCUT2D eigenvalue weighted by molar-refractivity contribution is -0.116. The zero-order valence-electron chi connectivity index (χ0n) is 16.3. The topological polar surface area (TPSA) is 47.6 Å². The fourth-order valence-electron chi connectivity index (χ4n) is 3.09. The van der Waals surface area contributed by atoms with Crippen LogP contribution < -0.4 is 10.1 Å². The number of hydrogen-bond donors (Lipinski definition) is 1. The van der Waals surface area contributed by atoms with E-state index in [4.69, 9.17) is 9.47 Å². The van der Waals surface area contributed by atoms with Crippen molar-refractivity contribution in [2.75, 3.05) is 26.9 Å². The molecule has 1 aromatic carbocycles. The van der Waals surface area contributed by atoms with Gasteiger partial charge in [-0.15, -0.1) is 5.73 Å². The predicted octanol–water partition coefficient (Wildman–Crippen LogP) is 4.03. The number of carbonyl (C=O) groups excluding carboxylic acids is 1. The molecule has 1 saturated carbocycles. The molecule has 1 N–H and O–H groups in total. The lowest BCUT2D eigenvalue weighted by Crippen LogP contribution is -2.36. The number of benzene rings is 1. The standard InChI is InChI=1S/C23H31NO3/c1-4-8-18-10-12-21(13-11-18)27-17-20(24-3)16-26-14-7-6-9-19-15-22(19)23(25)5-2/h5,8,10-13,19-20,22,24H,1-2,6-7,9,14-17H2,3H3. The van der Waals surface area contributed by atoms with Crippen LogP contribution in [0.5, 0.6) is 5.75 Å². The Kier molecular flexibility index (Phi) is 9.06. The molecule has 0 bridgehead atoms. The van der Waals surface area contributed by atoms with Gasteiger partial charge in [0.25, 0.3) is 0 Å². The predicted molar refractivity (Wildman–Crippen MR) is 110 cm³/mol. The van der Waals surface area contributed by atoms with Crippen molar-refractivity contribution >= 4 is 11.9 Å². The number of unbranched alkanes of at least 4 members (excludes halogenated alkanes) is 1. The Labute approximate surface area is 162 Å². The molecule has 0 spiro atoms. The number of likely N-dealkylation sites (N-methyl/N-ethyl adjacent to an activating group) is 1. The van der Waals surface area contributed by atoms with E-state index in [2.05, 4.69) is 24.2 Å². The number of rotatable bonds is 14. The van der Waals surface area contributed by atoms with E-state index in [0.29, 0.717) is 19.1 Å². The van der Waals surface area contributed by atoms with Crippen molar-refractivity contribution < 1.29 is 14.3 Å². The summed E-state index contributed by atoms with van der Waals surface area (Å²) in [5, 5.41) is 3.23. The zero-order chi connectivity index (χ0) is 19.5. The Morgan fingerprint density at radius 1 is 1.33 bits per heavy atom. The van der Waals surface area contributed by atoms with Gasteiger partial charge in [-0.25, -0.2) is 0 Å². The minimum atomic E-state index is 0.149. The largest absolute Gasteiger partial charge is 0.492 e. The first-order valence-corrected chi connectivity index (χ1v) is 9.68. The Bertz CT molecular complexity index is 646. The zero-order valence-corrected chi connectivity index (χ0v) is 16.3. The molecule has 146 valence electrons. The summed E-state index contributed by atoms with van der Waals surface area (Å²) >= 11 is 0. The number of carbonyl (C=O) groups is 1. The van der Waals surface area contributed by atoms with Crippen LogP contribution in [0.1, 0.15) is 31.2 Å². The van der Waals surface area contributed by atoms with Gasteiger partial charge in [-0.05, 0) is 62.1 Å². The number of hydrogen-bond acceptors (Lipinski definition) is 4. The lowest BCUT2D eigenvalue weighted by atomic mass is 10.1. The maximum atomic E-state index is 11.5. The Morgan fingerprint density at radius 2 is 2.11 bits per heavy atom. The van der Waals surface area contributed by atoms with Crippen LogP contribution in [0.15, 0.2) is 49.2 Å². The number of allylic oxidation sites excluding steroid dienone is 1. The molecule has 2 rings (SSSR count). The minimum Gasteiger partial charge on any atom is -0.492 e. The fraction of sp³-hybridized carbons (Fsp3) is 0.478. The highest BCUT2D eigenvalue weighted by atomic mass is 16.5. The van der Waals surface area contributed by atoms with Crippen LogP contribution in [0.4, 0.5) is 0 Å². The molecule has 0 heterocycles. The van der Waals surface area contributed by atoms with E-state index in [-0.39, 0.29) is 17.7 Å². The SMILES string of the molecule is C=C=Cc1ccc(OCC(COCCCCC2CC2C(=O)C=C)NC)cc1. The highest BCUT2D eigenvalue weighted by molar-refractivity contribution is 5.93. The Balaban J connectivity index is 1.54. The molecule has 4 heteroatoms. The summed E-state index contributed by atoms with van der Waals surface area (Å²) < 4.78 is 11.6. The summed E-state index contributed by atoms with van der Waals surface area (Å²) in [5.74, 6) is 1.86. The van der Waals surface area contributed by atoms with Crippen molar-refractivity contribution in [2.45, 2.75) is 31.7 Å². The van der Waals surface area contributed by atoms with Gasteiger partial charge in [0.1, 0.15) is 12.4 Å². The summed E-state index contributed by atoms with van der Waals surface area (Å²) in [6, 6.07) is 7.99. The van der Waals surface area contributed by atoms with E-state index in [1.54, 1.807) is 0 Å². The Hall–Kier alpha value is -2.13. The third-order valence-corrected chi connectivity index (χ3v) is 4.93. The van der Waals surface area contributed by atoms with Gasteiger partial charge in [0.2, 0.25) is 0 Å². The van der Waals surface area contributed by atoms with Gasteiger partial charge in [0, 0.05) is 12.5 Å². The molecule has 0 saturated heterocycles. The van der Waals surface area contributed by atoms with Crippen LogP contribution in [0.3, 0.4) is 0 Å². The Morgan fingerprint density at radius 3 is 2.78 bits per heavy atom. The molecule has 3 unspecified atom stereocenters. The summed E-state index contributed by atoms with van der Waals surface area (Å²) in [6.45, 7) is 9.05. The summed E-state index contributed by atoms with van der Waals surface area (Å²) in [6.07, 6.45) is 7.58. The average molecular weight is 370 g/mol. The van der Waals surface area contributed by atoms with Gasteiger partial charge >= 0.3 is 0 Å². The van der Waals surface area contributed by atoms with Crippen LogP contribution in [-0.2, 0) is 9.53 Å². The molecule has 1 aromatic rings. The highest BCUT2D eigenvalue weighted by Crippen LogP contribution is 2.43. The molecule has 1 aliphatic rings. The van der Waals surface area contributed by atoms with E-state index in [1.807, 2.05) is 37.4 Å². The molecule has 0 amide bonds. The van der Waals surface area contributed by atoms with E-state index >= 15 is 0 Å². The molecule has 0 aliphatic heterocycles. The van der Waals surface area contributed by atoms with Crippen LogP contribution in [0.25, 0.3) is 6.08 Å². The number of ether oxygens (including phenoxy) is 2. The lowest BCUT2D eigenvalue weighted by Gasteiger charge is -2.17. The van der Waals surface area contributed by atoms with Gasteiger partial charge in [0.05, 0.1) is 12.6 Å². The first kappa shape index (κ1) is 21.2. The van der Waals surface area contributed by atoms with E-state index < -0.39 is 0 Å². The third kappa shape index (κ3) is 7.56. The van der Waals surface area contributed by atoms with Crippen molar-refractivity contribution in [3.8, 4) is 5.75 Å². The first-order chi connectivity index (χ1) is 13.2. The molecule has 3 atom stereocenters. The van der Waals surface area contributed by atoms with Crippen LogP contribution >= 0.6 is 0 Å². The highest BCUT2D eigenvalue weighted by Gasteiger charge is 2.40. The van der Waals surface area contributed by atoms with E-state index in [1.165, 1.54) is 6.08 Å². The second-order valence-corrected chi connectivity index (χ2v) is 6.99. The molecule has 1 fully saturated rings. The summed E-state index contributed by atoms with van der Waals surface area (Å²) in [7, 11) is 1.92. The third-order valence-electron chi connectivity index (χ3n) is 4.93. The maximum Gasteiger partial charge on any atom is 0.158 e. The minimum absolute atomic E-state index is 0.149. The van der Waals surface area contributed by atoms with Gasteiger partial charge in [0.15, 0.2) is 5.78 Å². The van der Waals surface area contributed by atoms with Gasteiger partial charge < -0.3 is 14.8 Å². The maximum absolute atomic E-state index is 11.5. The van der Waals surface area contributed by atoms with Crippen LogP contribution in [0.2, 0.25) is 0 Å². The molecule has 4 nitrogen and oxygen atoms in total. The quantitative estimate of drug-likeness (QED) is 0.306.